The predicted molar refractivity (Wildman–Crippen MR) is 235 cm³/mol. The molecule has 0 fully saturated rings. The molecule has 0 saturated heterocycles. The standard InChI is InChI=1S/C26H18.C13H10.6C2H6/c1-3-11-19(12-4-1)25-21-15-7-9-17-23(21)26(20-13-5-2-6-14-20)24-18-10-8-16-22(24)25;1-3-7-12-10(5-1)9-11-6-2-4-8-13(11)12;6*1-2/h1-18H;1-8H,9H2;6*1-2H3. The lowest BCUT2D eigenvalue weighted by Gasteiger charge is -2.17. The zero-order valence-corrected chi connectivity index (χ0v) is 33.7. The molecule has 0 heteroatoms. The lowest BCUT2D eigenvalue weighted by molar-refractivity contribution is 1.26. The third kappa shape index (κ3) is 11.0. The average molecular weight is 677 g/mol. The highest BCUT2D eigenvalue weighted by Gasteiger charge is 2.17. The van der Waals surface area contributed by atoms with Gasteiger partial charge in [-0.15, -0.1) is 0 Å². The Kier molecular flexibility index (Phi) is 22.4. The molecular formula is C51H64. The first-order valence-electron chi connectivity index (χ1n) is 19.6. The van der Waals surface area contributed by atoms with Crippen molar-refractivity contribution < 1.29 is 0 Å². The van der Waals surface area contributed by atoms with E-state index >= 15 is 0 Å². The molecule has 1 aliphatic carbocycles. The number of fused-ring (bicyclic) bond motifs is 5. The summed E-state index contributed by atoms with van der Waals surface area (Å²) >= 11 is 0. The quantitative estimate of drug-likeness (QED) is 0.160. The Morgan fingerprint density at radius 2 is 0.490 bits per heavy atom. The van der Waals surface area contributed by atoms with E-state index in [0.717, 1.165) is 6.42 Å². The minimum Gasteiger partial charge on any atom is -0.0683 e. The van der Waals surface area contributed by atoms with E-state index in [4.69, 9.17) is 0 Å². The summed E-state index contributed by atoms with van der Waals surface area (Å²) in [7, 11) is 0. The van der Waals surface area contributed by atoms with Crippen LogP contribution in [0.2, 0.25) is 0 Å². The lowest BCUT2D eigenvalue weighted by atomic mass is 9.86. The normalized spacial score (nSPS) is 9.49. The SMILES string of the molecule is CC.CC.CC.CC.CC.CC.c1ccc(-c2c3ccccc3c(-c3ccccc3)c3ccccc23)cc1.c1ccc2c(c1)Cc1ccccc1-2. The van der Waals surface area contributed by atoms with Gasteiger partial charge in [0.2, 0.25) is 0 Å². The van der Waals surface area contributed by atoms with Gasteiger partial charge < -0.3 is 0 Å². The first-order chi connectivity index (χ1) is 25.4. The van der Waals surface area contributed by atoms with Crippen LogP contribution >= 0.6 is 0 Å². The van der Waals surface area contributed by atoms with Crippen molar-refractivity contribution >= 4 is 21.5 Å². The van der Waals surface area contributed by atoms with Crippen LogP contribution in [0, 0.1) is 0 Å². The highest BCUT2D eigenvalue weighted by Crippen LogP contribution is 2.43. The summed E-state index contributed by atoms with van der Waals surface area (Å²) in [5.41, 5.74) is 10.9. The van der Waals surface area contributed by atoms with Crippen LogP contribution in [-0.4, -0.2) is 0 Å². The maximum atomic E-state index is 2.25. The van der Waals surface area contributed by atoms with Gasteiger partial charge in [0, 0.05) is 0 Å². The van der Waals surface area contributed by atoms with Crippen molar-refractivity contribution in [3.05, 3.63) is 169 Å². The maximum absolute atomic E-state index is 2.25. The van der Waals surface area contributed by atoms with Crippen LogP contribution < -0.4 is 0 Å². The monoisotopic (exact) mass is 677 g/mol. The van der Waals surface area contributed by atoms with Crippen LogP contribution in [0.5, 0.6) is 0 Å². The fraction of sp³-hybridized carbons (Fsp3) is 0.255. The first kappa shape index (κ1) is 44.1. The molecule has 0 atom stereocenters. The zero-order valence-electron chi connectivity index (χ0n) is 33.7. The fourth-order valence-electron chi connectivity index (χ4n) is 6.04. The van der Waals surface area contributed by atoms with Gasteiger partial charge in [0.1, 0.15) is 0 Å². The molecule has 0 aromatic heterocycles. The first-order valence-corrected chi connectivity index (χ1v) is 19.6. The topological polar surface area (TPSA) is 0 Å². The maximum Gasteiger partial charge on any atom is -0.00135 e. The average Bonchev–Trinajstić information content (AvgIpc) is 3.64. The number of rotatable bonds is 2. The van der Waals surface area contributed by atoms with Crippen molar-refractivity contribution in [2.75, 3.05) is 0 Å². The minimum absolute atomic E-state index is 1.10. The largest absolute Gasteiger partial charge is 0.0683 e. The van der Waals surface area contributed by atoms with Gasteiger partial charge in [-0.3, -0.25) is 0 Å². The summed E-state index contributed by atoms with van der Waals surface area (Å²) < 4.78 is 0. The zero-order chi connectivity index (χ0) is 38.0. The van der Waals surface area contributed by atoms with E-state index in [1.807, 2.05) is 83.1 Å². The Labute approximate surface area is 312 Å². The second-order valence-corrected chi connectivity index (χ2v) is 10.1. The van der Waals surface area contributed by atoms with Crippen LogP contribution in [-0.2, 0) is 6.42 Å². The molecule has 7 aromatic rings. The van der Waals surface area contributed by atoms with Gasteiger partial charge in [0.15, 0.2) is 0 Å². The Bertz CT molecular complexity index is 1720. The molecule has 0 unspecified atom stereocenters. The Balaban J connectivity index is 0.000000438. The highest BCUT2D eigenvalue weighted by atomic mass is 14.2. The molecule has 1 aliphatic rings. The van der Waals surface area contributed by atoms with Gasteiger partial charge in [0.05, 0.1) is 0 Å². The Hall–Kier alpha value is -4.94. The summed E-state index contributed by atoms with van der Waals surface area (Å²) in [6, 6.07) is 56.3. The van der Waals surface area contributed by atoms with Crippen LogP contribution in [0.3, 0.4) is 0 Å². The van der Waals surface area contributed by atoms with E-state index < -0.39 is 0 Å². The van der Waals surface area contributed by atoms with Gasteiger partial charge in [0.25, 0.3) is 0 Å². The van der Waals surface area contributed by atoms with E-state index in [0.29, 0.717) is 0 Å². The molecule has 268 valence electrons. The number of hydrogen-bond donors (Lipinski definition) is 0. The van der Waals surface area contributed by atoms with E-state index in [1.165, 1.54) is 66.1 Å². The lowest BCUT2D eigenvalue weighted by Crippen LogP contribution is -1.90. The van der Waals surface area contributed by atoms with Gasteiger partial charge in [-0.1, -0.05) is 241 Å². The number of hydrogen-bond acceptors (Lipinski definition) is 0. The van der Waals surface area contributed by atoms with Crippen LogP contribution in [0.1, 0.15) is 94.2 Å². The van der Waals surface area contributed by atoms with Gasteiger partial charge in [-0.25, -0.2) is 0 Å². The molecule has 7 aromatic carbocycles. The van der Waals surface area contributed by atoms with E-state index in [9.17, 15) is 0 Å². The van der Waals surface area contributed by atoms with E-state index in [1.54, 1.807) is 0 Å². The smallest absolute Gasteiger partial charge is 0.00135 e. The molecule has 0 N–H and O–H groups in total. The third-order valence-electron chi connectivity index (χ3n) is 7.76. The van der Waals surface area contributed by atoms with E-state index in [-0.39, 0.29) is 0 Å². The van der Waals surface area contributed by atoms with E-state index in [2.05, 4.69) is 158 Å². The molecule has 8 rings (SSSR count). The molecule has 0 nitrogen and oxygen atoms in total. The fourth-order valence-corrected chi connectivity index (χ4v) is 6.04. The summed E-state index contributed by atoms with van der Waals surface area (Å²) in [4.78, 5) is 0. The molecule has 0 heterocycles. The van der Waals surface area contributed by atoms with Crippen molar-refractivity contribution in [1.82, 2.24) is 0 Å². The molecule has 0 aliphatic heterocycles. The molecule has 0 saturated carbocycles. The van der Waals surface area contributed by atoms with Crippen LogP contribution in [0.25, 0.3) is 54.9 Å². The van der Waals surface area contributed by atoms with Crippen LogP contribution in [0.4, 0.5) is 0 Å². The Morgan fingerprint density at radius 3 is 0.784 bits per heavy atom. The summed E-state index contributed by atoms with van der Waals surface area (Å²) in [6.07, 6.45) is 1.10. The molecule has 51 heavy (non-hydrogen) atoms. The third-order valence-corrected chi connectivity index (χ3v) is 7.76. The van der Waals surface area contributed by atoms with Crippen molar-refractivity contribution in [2.24, 2.45) is 0 Å². The summed E-state index contributed by atoms with van der Waals surface area (Å²) in [5.74, 6) is 0. The predicted octanol–water partition coefficient (Wildman–Crippen LogP) is 16.7. The van der Waals surface area contributed by atoms with Gasteiger partial charge in [-0.05, 0) is 72.5 Å². The molecule has 0 spiro atoms. The second-order valence-electron chi connectivity index (χ2n) is 10.1. The van der Waals surface area contributed by atoms with Crippen molar-refractivity contribution in [3.8, 4) is 33.4 Å². The molecular weight excluding hydrogens is 613 g/mol. The second kappa shape index (κ2) is 25.9. The van der Waals surface area contributed by atoms with Crippen molar-refractivity contribution in [3.63, 3.8) is 0 Å². The molecule has 0 bridgehead atoms. The Morgan fingerprint density at radius 1 is 0.255 bits per heavy atom. The van der Waals surface area contributed by atoms with Crippen LogP contribution in [0.15, 0.2) is 158 Å². The van der Waals surface area contributed by atoms with Crippen molar-refractivity contribution in [1.29, 1.82) is 0 Å². The molecule has 0 radical (unpaired) electrons. The highest BCUT2D eigenvalue weighted by molar-refractivity contribution is 6.21. The molecule has 0 amide bonds. The summed E-state index contributed by atoms with van der Waals surface area (Å²) in [6.45, 7) is 24.0. The minimum atomic E-state index is 1.10. The number of benzene rings is 7. The van der Waals surface area contributed by atoms with Gasteiger partial charge >= 0.3 is 0 Å². The van der Waals surface area contributed by atoms with Crippen molar-refractivity contribution in [2.45, 2.75) is 89.5 Å². The summed E-state index contributed by atoms with van der Waals surface area (Å²) in [5, 5.41) is 5.21. The van der Waals surface area contributed by atoms with Gasteiger partial charge in [-0.2, -0.15) is 0 Å².